The van der Waals surface area contributed by atoms with Crippen LogP contribution >= 0.6 is 0 Å². The first-order valence-electron chi connectivity index (χ1n) is 6.31. The molecule has 0 radical (unpaired) electrons. The molecule has 2 N–H and O–H groups in total. The molecule has 1 aromatic rings. The van der Waals surface area contributed by atoms with Gasteiger partial charge in [-0.25, -0.2) is 4.39 Å². The second-order valence-electron chi connectivity index (χ2n) is 5.55. The van der Waals surface area contributed by atoms with E-state index in [-0.39, 0.29) is 18.0 Å². The minimum atomic E-state index is -0.367. The molecule has 1 saturated heterocycles. The number of likely N-dealkylation sites (N-methyl/N-ethyl adjacent to an activating group) is 1. The fourth-order valence-corrected chi connectivity index (χ4v) is 2.78. The Balaban J connectivity index is 2.20. The van der Waals surface area contributed by atoms with E-state index in [1.165, 1.54) is 12.1 Å². The lowest BCUT2D eigenvalue weighted by molar-refractivity contribution is 0.212. The van der Waals surface area contributed by atoms with E-state index in [0.29, 0.717) is 6.04 Å². The van der Waals surface area contributed by atoms with Crippen molar-refractivity contribution in [3.05, 3.63) is 29.6 Å². The summed E-state index contributed by atoms with van der Waals surface area (Å²) in [4.78, 5) is 2.20. The first-order chi connectivity index (χ1) is 8.44. The van der Waals surface area contributed by atoms with Crippen molar-refractivity contribution in [3.63, 3.8) is 0 Å². The molecule has 3 nitrogen and oxygen atoms in total. The summed E-state index contributed by atoms with van der Waals surface area (Å²) in [6.45, 7) is 4.82. The summed E-state index contributed by atoms with van der Waals surface area (Å²) < 4.78 is 13.4. The van der Waals surface area contributed by atoms with Crippen molar-refractivity contribution in [2.24, 2.45) is 0 Å². The van der Waals surface area contributed by atoms with Crippen molar-refractivity contribution in [1.29, 1.82) is 0 Å². The van der Waals surface area contributed by atoms with Gasteiger partial charge in [0.1, 0.15) is 5.82 Å². The van der Waals surface area contributed by atoms with Gasteiger partial charge < -0.3 is 15.3 Å². The highest BCUT2D eigenvalue weighted by molar-refractivity contribution is 5.49. The zero-order valence-corrected chi connectivity index (χ0v) is 11.2. The number of benzene rings is 1. The number of aliphatic hydroxyl groups excluding tert-OH is 1. The molecule has 4 heteroatoms. The predicted octanol–water partition coefficient (Wildman–Crippen LogP) is 2.00. The van der Waals surface area contributed by atoms with Gasteiger partial charge in [0.15, 0.2) is 0 Å². The predicted molar refractivity (Wildman–Crippen MR) is 71.3 cm³/mol. The number of aryl methyl sites for hydroxylation is 1. The van der Waals surface area contributed by atoms with E-state index < -0.39 is 0 Å². The Labute approximate surface area is 108 Å². The molecule has 0 saturated carbocycles. The van der Waals surface area contributed by atoms with E-state index >= 15 is 0 Å². The highest BCUT2D eigenvalue weighted by Gasteiger charge is 2.40. The van der Waals surface area contributed by atoms with Gasteiger partial charge in [-0.15, -0.1) is 0 Å². The number of rotatable bonds is 3. The number of likely N-dealkylation sites (tertiary alicyclic amines) is 1. The fraction of sp³-hybridized carbons (Fsp3) is 0.571. The van der Waals surface area contributed by atoms with Crippen molar-refractivity contribution < 1.29 is 9.50 Å². The summed E-state index contributed by atoms with van der Waals surface area (Å²) in [7, 11) is 2.04. The van der Waals surface area contributed by atoms with Crippen LogP contribution in [-0.4, -0.2) is 41.8 Å². The largest absolute Gasteiger partial charge is 0.394 e. The second-order valence-corrected chi connectivity index (χ2v) is 5.55. The molecule has 2 unspecified atom stereocenters. The lowest BCUT2D eigenvalue weighted by atomic mass is 9.96. The maximum Gasteiger partial charge on any atom is 0.125 e. The Morgan fingerprint density at radius 2 is 2.22 bits per heavy atom. The lowest BCUT2D eigenvalue weighted by Gasteiger charge is -2.29. The van der Waals surface area contributed by atoms with Gasteiger partial charge in [0.25, 0.3) is 0 Å². The molecule has 0 spiro atoms. The zero-order valence-electron chi connectivity index (χ0n) is 11.2. The van der Waals surface area contributed by atoms with Crippen LogP contribution in [0.25, 0.3) is 0 Å². The van der Waals surface area contributed by atoms with E-state index in [2.05, 4.69) is 17.1 Å². The van der Waals surface area contributed by atoms with Gasteiger partial charge in [-0.2, -0.15) is 0 Å². The second kappa shape index (κ2) is 4.86. The van der Waals surface area contributed by atoms with E-state index in [0.717, 1.165) is 24.2 Å². The molecule has 0 amide bonds. The monoisotopic (exact) mass is 252 g/mol. The number of nitrogens with one attached hydrogen (secondary N) is 1. The molecule has 1 fully saturated rings. The molecular weight excluding hydrogens is 231 g/mol. The normalized spacial score (nSPS) is 28.6. The first-order valence-corrected chi connectivity index (χ1v) is 6.31. The first kappa shape index (κ1) is 13.3. The molecule has 18 heavy (non-hydrogen) atoms. The minimum absolute atomic E-state index is 0.0528. The number of hydrogen-bond donors (Lipinski definition) is 2. The molecule has 1 aliphatic rings. The zero-order chi connectivity index (χ0) is 13.3. The molecule has 2 rings (SSSR count). The van der Waals surface area contributed by atoms with Crippen LogP contribution in [-0.2, 0) is 0 Å². The van der Waals surface area contributed by atoms with Gasteiger partial charge in [0.05, 0.1) is 12.1 Å². The van der Waals surface area contributed by atoms with Crippen molar-refractivity contribution in [3.8, 4) is 0 Å². The third-order valence-electron chi connectivity index (χ3n) is 3.74. The van der Waals surface area contributed by atoms with Crippen molar-refractivity contribution in [1.82, 2.24) is 4.90 Å². The van der Waals surface area contributed by atoms with Crippen LogP contribution in [0.4, 0.5) is 10.1 Å². The summed E-state index contributed by atoms with van der Waals surface area (Å²) in [6.07, 6.45) is 0.857. The number of halogens is 1. The topological polar surface area (TPSA) is 35.5 Å². The summed E-state index contributed by atoms with van der Waals surface area (Å²) in [5.41, 5.74) is 1.25. The maximum absolute atomic E-state index is 13.4. The van der Waals surface area contributed by atoms with E-state index in [9.17, 15) is 9.50 Å². The Morgan fingerprint density at radius 3 is 2.72 bits per heavy atom. The standard InChI is InChI=1S/C14H21FN2O/c1-10-4-12(15)6-13(5-10)16-14(9-18)7-11(2)17(3)8-14/h4-6,11,16,18H,7-9H2,1-3H3. The minimum Gasteiger partial charge on any atom is -0.394 e. The highest BCUT2D eigenvalue weighted by atomic mass is 19.1. The van der Waals surface area contributed by atoms with Gasteiger partial charge in [-0.3, -0.25) is 0 Å². The Hall–Kier alpha value is -1.13. The quantitative estimate of drug-likeness (QED) is 0.863. The van der Waals surface area contributed by atoms with Crippen LogP contribution in [0.2, 0.25) is 0 Å². The molecule has 0 aliphatic carbocycles. The number of anilines is 1. The van der Waals surface area contributed by atoms with Crippen LogP contribution in [0.5, 0.6) is 0 Å². The number of aliphatic hydroxyl groups is 1. The smallest absolute Gasteiger partial charge is 0.125 e. The lowest BCUT2D eigenvalue weighted by Crippen LogP contribution is -2.44. The van der Waals surface area contributed by atoms with Crippen LogP contribution in [0.15, 0.2) is 18.2 Å². The summed E-state index contributed by atoms with van der Waals surface area (Å²) in [5.74, 6) is -0.245. The molecule has 1 aromatic carbocycles. The average molecular weight is 252 g/mol. The summed E-state index contributed by atoms with van der Waals surface area (Å²) in [5, 5.41) is 13.0. The molecule has 0 bridgehead atoms. The maximum atomic E-state index is 13.4. The SMILES string of the molecule is Cc1cc(F)cc(NC2(CO)CC(C)N(C)C2)c1. The van der Waals surface area contributed by atoms with E-state index in [1.807, 2.05) is 20.0 Å². The Kier molecular flexibility index (Phi) is 3.59. The van der Waals surface area contributed by atoms with Gasteiger partial charge in [-0.05, 0) is 51.1 Å². The molecule has 0 aromatic heterocycles. The fourth-order valence-electron chi connectivity index (χ4n) is 2.78. The third-order valence-corrected chi connectivity index (χ3v) is 3.74. The van der Waals surface area contributed by atoms with Crippen molar-refractivity contribution in [2.75, 3.05) is 25.5 Å². The summed E-state index contributed by atoms with van der Waals surface area (Å²) >= 11 is 0. The Bertz CT molecular complexity index is 406. The highest BCUT2D eigenvalue weighted by Crippen LogP contribution is 2.29. The van der Waals surface area contributed by atoms with Crippen LogP contribution < -0.4 is 5.32 Å². The van der Waals surface area contributed by atoms with Crippen LogP contribution in [0.1, 0.15) is 18.9 Å². The Morgan fingerprint density at radius 1 is 1.50 bits per heavy atom. The molecule has 1 aliphatic heterocycles. The van der Waals surface area contributed by atoms with Gasteiger partial charge in [0, 0.05) is 18.3 Å². The molecule has 1 heterocycles. The van der Waals surface area contributed by atoms with Crippen molar-refractivity contribution in [2.45, 2.75) is 31.8 Å². The van der Waals surface area contributed by atoms with E-state index in [1.54, 1.807) is 0 Å². The third kappa shape index (κ3) is 2.65. The number of nitrogens with zero attached hydrogens (tertiary/aromatic N) is 1. The number of hydrogen-bond acceptors (Lipinski definition) is 3. The van der Waals surface area contributed by atoms with Gasteiger partial charge >= 0.3 is 0 Å². The summed E-state index contributed by atoms with van der Waals surface area (Å²) in [6, 6.07) is 5.30. The van der Waals surface area contributed by atoms with Crippen LogP contribution in [0.3, 0.4) is 0 Å². The average Bonchev–Trinajstić information content (AvgIpc) is 2.53. The van der Waals surface area contributed by atoms with Crippen LogP contribution in [0, 0.1) is 12.7 Å². The van der Waals surface area contributed by atoms with Gasteiger partial charge in [-0.1, -0.05) is 0 Å². The molecular formula is C14H21FN2O. The van der Waals surface area contributed by atoms with Crippen molar-refractivity contribution >= 4 is 5.69 Å². The molecule has 100 valence electrons. The van der Waals surface area contributed by atoms with E-state index in [4.69, 9.17) is 0 Å². The van der Waals surface area contributed by atoms with Gasteiger partial charge in [0.2, 0.25) is 0 Å². The molecule has 2 atom stereocenters.